The molecule has 4 nitrogen and oxygen atoms in total. The van der Waals surface area contributed by atoms with Crippen LogP contribution >= 0.6 is 0 Å². The van der Waals surface area contributed by atoms with E-state index in [9.17, 15) is 4.79 Å². The van der Waals surface area contributed by atoms with E-state index >= 15 is 0 Å². The Labute approximate surface area is 118 Å². The molecule has 4 heteroatoms. The fourth-order valence-electron chi connectivity index (χ4n) is 2.52. The number of benzene rings is 1. The quantitative estimate of drug-likeness (QED) is 0.861. The van der Waals surface area contributed by atoms with Gasteiger partial charge in [0, 0.05) is 20.0 Å². The Morgan fingerprint density at radius 1 is 1.30 bits per heavy atom. The summed E-state index contributed by atoms with van der Waals surface area (Å²) in [6.07, 6.45) is 3.87. The zero-order valence-electron chi connectivity index (χ0n) is 11.4. The standard InChI is InChI=1S/C16H17NO3/c1-17(16(18)14-6-7-19-10-14)9-15-8-12-4-2-3-5-13(12)11-20-15/h2-7,10,15H,8-9,11H2,1H3/t15-/m0/s1. The van der Waals surface area contributed by atoms with Gasteiger partial charge in [-0.25, -0.2) is 0 Å². The summed E-state index contributed by atoms with van der Waals surface area (Å²) >= 11 is 0. The first-order valence-electron chi connectivity index (χ1n) is 6.70. The van der Waals surface area contributed by atoms with E-state index in [1.807, 2.05) is 12.1 Å². The highest BCUT2D eigenvalue weighted by molar-refractivity contribution is 5.93. The maximum Gasteiger partial charge on any atom is 0.256 e. The van der Waals surface area contributed by atoms with Gasteiger partial charge in [-0.15, -0.1) is 0 Å². The van der Waals surface area contributed by atoms with Crippen LogP contribution in [0.4, 0.5) is 0 Å². The van der Waals surface area contributed by atoms with Crippen molar-refractivity contribution in [2.75, 3.05) is 13.6 Å². The first-order valence-corrected chi connectivity index (χ1v) is 6.70. The molecule has 0 aliphatic carbocycles. The van der Waals surface area contributed by atoms with Crippen LogP contribution in [0, 0.1) is 0 Å². The summed E-state index contributed by atoms with van der Waals surface area (Å²) in [5, 5.41) is 0. The predicted octanol–water partition coefficient (Wildman–Crippen LogP) is 2.49. The molecule has 3 rings (SSSR count). The molecule has 1 aliphatic heterocycles. The van der Waals surface area contributed by atoms with Gasteiger partial charge in [0.2, 0.25) is 0 Å². The molecule has 2 aromatic rings. The molecule has 0 radical (unpaired) electrons. The van der Waals surface area contributed by atoms with Gasteiger partial charge in [0.05, 0.1) is 24.5 Å². The second kappa shape index (κ2) is 5.51. The Balaban J connectivity index is 1.63. The molecule has 0 fully saturated rings. The maximum atomic E-state index is 12.1. The smallest absolute Gasteiger partial charge is 0.256 e. The molecule has 0 bridgehead atoms. The van der Waals surface area contributed by atoms with E-state index < -0.39 is 0 Å². The molecule has 1 amide bonds. The number of amides is 1. The predicted molar refractivity (Wildman–Crippen MR) is 74.4 cm³/mol. The highest BCUT2D eigenvalue weighted by Crippen LogP contribution is 2.21. The molecule has 1 aliphatic rings. The summed E-state index contributed by atoms with van der Waals surface area (Å²) in [5.41, 5.74) is 3.13. The van der Waals surface area contributed by atoms with Gasteiger partial charge < -0.3 is 14.1 Å². The molecule has 0 saturated heterocycles. The van der Waals surface area contributed by atoms with Crippen molar-refractivity contribution in [2.45, 2.75) is 19.1 Å². The van der Waals surface area contributed by atoms with Crippen LogP contribution in [0.3, 0.4) is 0 Å². The summed E-state index contributed by atoms with van der Waals surface area (Å²) in [5.74, 6) is -0.0405. The van der Waals surface area contributed by atoms with Crippen molar-refractivity contribution in [3.05, 3.63) is 59.5 Å². The van der Waals surface area contributed by atoms with E-state index in [0.29, 0.717) is 18.7 Å². The summed E-state index contributed by atoms with van der Waals surface area (Å²) in [4.78, 5) is 13.8. The number of fused-ring (bicyclic) bond motifs is 1. The number of carbonyl (C=O) groups is 1. The van der Waals surface area contributed by atoms with Crippen molar-refractivity contribution < 1.29 is 13.9 Å². The summed E-state index contributed by atoms with van der Waals surface area (Å²) < 4.78 is 10.8. The Morgan fingerprint density at radius 2 is 2.10 bits per heavy atom. The van der Waals surface area contributed by atoms with Gasteiger partial charge >= 0.3 is 0 Å². The number of carbonyl (C=O) groups excluding carboxylic acids is 1. The fourth-order valence-corrected chi connectivity index (χ4v) is 2.52. The topological polar surface area (TPSA) is 42.7 Å². The number of nitrogens with zero attached hydrogens (tertiary/aromatic N) is 1. The zero-order chi connectivity index (χ0) is 13.9. The van der Waals surface area contributed by atoms with Crippen molar-refractivity contribution in [3.8, 4) is 0 Å². The molecule has 0 unspecified atom stereocenters. The number of furan rings is 1. The van der Waals surface area contributed by atoms with Crippen molar-refractivity contribution in [2.24, 2.45) is 0 Å². The van der Waals surface area contributed by atoms with Crippen LogP contribution in [-0.2, 0) is 17.8 Å². The van der Waals surface area contributed by atoms with Gasteiger partial charge in [0.1, 0.15) is 6.26 Å². The molecular formula is C16H17NO3. The van der Waals surface area contributed by atoms with Crippen LogP contribution < -0.4 is 0 Å². The molecule has 1 atom stereocenters. The van der Waals surface area contributed by atoms with E-state index in [-0.39, 0.29) is 12.0 Å². The summed E-state index contributed by atoms with van der Waals surface area (Å²) in [7, 11) is 1.79. The van der Waals surface area contributed by atoms with Crippen LogP contribution in [0.1, 0.15) is 21.5 Å². The van der Waals surface area contributed by atoms with Gasteiger partial charge in [-0.3, -0.25) is 4.79 Å². The summed E-state index contributed by atoms with van der Waals surface area (Å²) in [6, 6.07) is 9.96. The number of hydrogen-bond donors (Lipinski definition) is 0. The van der Waals surface area contributed by atoms with Crippen LogP contribution in [0.5, 0.6) is 0 Å². The molecule has 0 N–H and O–H groups in total. The minimum atomic E-state index is -0.0405. The van der Waals surface area contributed by atoms with Crippen molar-refractivity contribution in [1.29, 1.82) is 0 Å². The maximum absolute atomic E-state index is 12.1. The monoisotopic (exact) mass is 271 g/mol. The molecule has 0 spiro atoms. The number of rotatable bonds is 3. The van der Waals surface area contributed by atoms with E-state index in [1.54, 1.807) is 18.0 Å². The molecule has 1 aromatic heterocycles. The third-order valence-electron chi connectivity index (χ3n) is 3.63. The Hall–Kier alpha value is -2.07. The fraction of sp³-hybridized carbons (Fsp3) is 0.312. The molecule has 20 heavy (non-hydrogen) atoms. The van der Waals surface area contributed by atoms with Crippen LogP contribution in [0.2, 0.25) is 0 Å². The van der Waals surface area contributed by atoms with E-state index in [0.717, 1.165) is 6.42 Å². The van der Waals surface area contributed by atoms with Gasteiger partial charge in [-0.2, -0.15) is 0 Å². The second-order valence-electron chi connectivity index (χ2n) is 5.10. The third kappa shape index (κ3) is 2.60. The van der Waals surface area contributed by atoms with E-state index in [2.05, 4.69) is 12.1 Å². The summed E-state index contributed by atoms with van der Waals surface area (Å²) in [6.45, 7) is 1.20. The average molecular weight is 271 g/mol. The van der Waals surface area contributed by atoms with Crippen LogP contribution in [0.25, 0.3) is 0 Å². The average Bonchev–Trinajstić information content (AvgIpc) is 3.00. The van der Waals surface area contributed by atoms with Gasteiger partial charge in [-0.1, -0.05) is 24.3 Å². The van der Waals surface area contributed by atoms with E-state index in [1.165, 1.54) is 23.7 Å². The molecule has 0 saturated carbocycles. The molecule has 1 aromatic carbocycles. The van der Waals surface area contributed by atoms with E-state index in [4.69, 9.17) is 9.15 Å². The minimum absolute atomic E-state index is 0.0405. The minimum Gasteiger partial charge on any atom is -0.472 e. The Bertz CT molecular complexity index is 592. The number of ether oxygens (including phenoxy) is 1. The lowest BCUT2D eigenvalue weighted by Crippen LogP contribution is -2.38. The van der Waals surface area contributed by atoms with Gasteiger partial charge in [0.25, 0.3) is 5.91 Å². The van der Waals surface area contributed by atoms with Crippen molar-refractivity contribution in [1.82, 2.24) is 4.90 Å². The lowest BCUT2D eigenvalue weighted by molar-refractivity contribution is 0.00983. The molecular weight excluding hydrogens is 254 g/mol. The molecule has 104 valence electrons. The largest absolute Gasteiger partial charge is 0.472 e. The highest BCUT2D eigenvalue weighted by Gasteiger charge is 2.22. The van der Waals surface area contributed by atoms with Crippen molar-refractivity contribution in [3.63, 3.8) is 0 Å². The zero-order valence-corrected chi connectivity index (χ0v) is 11.4. The first kappa shape index (κ1) is 12.9. The van der Waals surface area contributed by atoms with Crippen LogP contribution in [-0.4, -0.2) is 30.5 Å². The lowest BCUT2D eigenvalue weighted by atomic mass is 9.99. The van der Waals surface area contributed by atoms with Crippen LogP contribution in [0.15, 0.2) is 47.3 Å². The Kier molecular flexibility index (Phi) is 3.56. The van der Waals surface area contributed by atoms with Gasteiger partial charge in [0.15, 0.2) is 0 Å². The Morgan fingerprint density at radius 3 is 2.85 bits per heavy atom. The SMILES string of the molecule is CN(C[C@@H]1Cc2ccccc2CO1)C(=O)c1ccoc1. The van der Waals surface area contributed by atoms with Gasteiger partial charge in [-0.05, 0) is 17.2 Å². The highest BCUT2D eigenvalue weighted by atomic mass is 16.5. The number of hydrogen-bond acceptors (Lipinski definition) is 3. The molecule has 2 heterocycles. The third-order valence-corrected chi connectivity index (χ3v) is 3.63. The number of likely N-dealkylation sites (N-methyl/N-ethyl adjacent to an activating group) is 1. The second-order valence-corrected chi connectivity index (χ2v) is 5.10. The normalized spacial score (nSPS) is 17.6. The first-order chi connectivity index (χ1) is 9.74. The lowest BCUT2D eigenvalue weighted by Gasteiger charge is -2.28. The van der Waals surface area contributed by atoms with Crippen molar-refractivity contribution >= 4 is 5.91 Å².